The van der Waals surface area contributed by atoms with Crippen molar-refractivity contribution in [1.29, 1.82) is 0 Å². The van der Waals surface area contributed by atoms with Gasteiger partial charge < -0.3 is 15.3 Å². The minimum absolute atomic E-state index is 0.301. The van der Waals surface area contributed by atoms with Gasteiger partial charge in [0.15, 0.2) is 0 Å². The van der Waals surface area contributed by atoms with Gasteiger partial charge in [0.1, 0.15) is 0 Å². The third kappa shape index (κ3) is 3.59. The molecule has 74 valence electrons. The SMILES string of the molecule is CN(Cc1ccoc1)CC(O)CN. The highest BCUT2D eigenvalue weighted by atomic mass is 16.3. The minimum atomic E-state index is -0.447. The number of nitrogens with zero attached hydrogens (tertiary/aromatic N) is 1. The van der Waals surface area contributed by atoms with Crippen LogP contribution in [0.25, 0.3) is 0 Å². The average Bonchev–Trinajstić information content (AvgIpc) is 2.56. The lowest BCUT2D eigenvalue weighted by Gasteiger charge is -2.18. The molecule has 0 radical (unpaired) electrons. The highest BCUT2D eigenvalue weighted by molar-refractivity contribution is 5.04. The largest absolute Gasteiger partial charge is 0.472 e. The van der Waals surface area contributed by atoms with Crippen LogP contribution in [0.5, 0.6) is 0 Å². The summed E-state index contributed by atoms with van der Waals surface area (Å²) >= 11 is 0. The van der Waals surface area contributed by atoms with Crippen LogP contribution in [0.2, 0.25) is 0 Å². The van der Waals surface area contributed by atoms with Crippen molar-refractivity contribution in [2.75, 3.05) is 20.1 Å². The van der Waals surface area contributed by atoms with Crippen LogP contribution >= 0.6 is 0 Å². The van der Waals surface area contributed by atoms with Gasteiger partial charge in [-0.15, -0.1) is 0 Å². The molecule has 0 aliphatic carbocycles. The second-order valence-corrected chi connectivity index (χ2v) is 3.22. The maximum absolute atomic E-state index is 9.27. The first kappa shape index (κ1) is 10.2. The Morgan fingerprint density at radius 2 is 2.46 bits per heavy atom. The van der Waals surface area contributed by atoms with Crippen molar-refractivity contribution in [3.63, 3.8) is 0 Å². The van der Waals surface area contributed by atoms with E-state index in [0.29, 0.717) is 13.1 Å². The summed E-state index contributed by atoms with van der Waals surface area (Å²) in [5.74, 6) is 0. The summed E-state index contributed by atoms with van der Waals surface area (Å²) in [7, 11) is 1.94. The second-order valence-electron chi connectivity index (χ2n) is 3.22. The molecule has 1 atom stereocenters. The fourth-order valence-corrected chi connectivity index (χ4v) is 1.19. The molecule has 13 heavy (non-hydrogen) atoms. The number of aliphatic hydroxyl groups excluding tert-OH is 1. The molecule has 0 aliphatic heterocycles. The third-order valence-corrected chi connectivity index (χ3v) is 1.83. The third-order valence-electron chi connectivity index (χ3n) is 1.83. The Morgan fingerprint density at radius 3 is 3.00 bits per heavy atom. The van der Waals surface area contributed by atoms with E-state index in [1.165, 1.54) is 0 Å². The van der Waals surface area contributed by atoms with Crippen molar-refractivity contribution in [3.05, 3.63) is 24.2 Å². The number of furan rings is 1. The lowest BCUT2D eigenvalue weighted by Crippen LogP contribution is -2.33. The molecule has 3 N–H and O–H groups in total. The number of rotatable bonds is 5. The van der Waals surface area contributed by atoms with Crippen LogP contribution < -0.4 is 5.73 Å². The van der Waals surface area contributed by atoms with Gasteiger partial charge in [0.25, 0.3) is 0 Å². The van der Waals surface area contributed by atoms with Gasteiger partial charge in [0, 0.05) is 25.2 Å². The summed E-state index contributed by atoms with van der Waals surface area (Å²) in [4.78, 5) is 2.00. The van der Waals surface area contributed by atoms with E-state index < -0.39 is 6.10 Å². The predicted octanol–water partition coefficient (Wildman–Crippen LogP) is 0.0310. The number of nitrogens with two attached hydrogens (primary N) is 1. The highest BCUT2D eigenvalue weighted by Crippen LogP contribution is 2.03. The molecule has 0 aliphatic rings. The van der Waals surface area contributed by atoms with Crippen molar-refractivity contribution in [1.82, 2.24) is 4.90 Å². The minimum Gasteiger partial charge on any atom is -0.472 e. The van der Waals surface area contributed by atoms with E-state index in [-0.39, 0.29) is 0 Å². The van der Waals surface area contributed by atoms with E-state index in [9.17, 15) is 5.11 Å². The lowest BCUT2D eigenvalue weighted by atomic mass is 10.3. The Hall–Kier alpha value is -0.840. The zero-order valence-corrected chi connectivity index (χ0v) is 7.81. The van der Waals surface area contributed by atoms with Crippen LogP contribution in [0.1, 0.15) is 5.56 Å². The van der Waals surface area contributed by atoms with E-state index in [1.807, 2.05) is 18.0 Å². The van der Waals surface area contributed by atoms with Crippen LogP contribution in [0.4, 0.5) is 0 Å². The second kappa shape index (κ2) is 5.01. The van der Waals surface area contributed by atoms with Crippen molar-refractivity contribution in [2.45, 2.75) is 12.6 Å². The molecule has 1 unspecified atom stereocenters. The Labute approximate surface area is 77.9 Å². The molecular formula is C9H16N2O2. The Kier molecular flexibility index (Phi) is 3.95. The van der Waals surface area contributed by atoms with E-state index in [0.717, 1.165) is 12.1 Å². The summed E-state index contributed by atoms with van der Waals surface area (Å²) in [6.07, 6.45) is 2.89. The highest BCUT2D eigenvalue weighted by Gasteiger charge is 2.06. The van der Waals surface area contributed by atoms with Crippen molar-refractivity contribution >= 4 is 0 Å². The van der Waals surface area contributed by atoms with E-state index in [4.69, 9.17) is 10.2 Å². The molecule has 1 heterocycles. The molecule has 1 aromatic rings. The van der Waals surface area contributed by atoms with Gasteiger partial charge in [-0.3, -0.25) is 4.90 Å². The van der Waals surface area contributed by atoms with E-state index >= 15 is 0 Å². The first-order chi connectivity index (χ1) is 6.22. The molecule has 0 fully saturated rings. The lowest BCUT2D eigenvalue weighted by molar-refractivity contribution is 0.129. The Bertz CT molecular complexity index is 224. The number of hydrogen-bond acceptors (Lipinski definition) is 4. The van der Waals surface area contributed by atoms with Crippen LogP contribution in [-0.2, 0) is 6.54 Å². The first-order valence-corrected chi connectivity index (χ1v) is 4.30. The van der Waals surface area contributed by atoms with Gasteiger partial charge in [-0.1, -0.05) is 0 Å². The number of aliphatic hydroxyl groups is 1. The van der Waals surface area contributed by atoms with E-state index in [2.05, 4.69) is 0 Å². The maximum Gasteiger partial charge on any atom is 0.0947 e. The van der Waals surface area contributed by atoms with Gasteiger partial charge in [-0.25, -0.2) is 0 Å². The summed E-state index contributed by atoms with van der Waals surface area (Å²) in [5.41, 5.74) is 6.40. The van der Waals surface area contributed by atoms with Gasteiger partial charge >= 0.3 is 0 Å². The van der Waals surface area contributed by atoms with E-state index in [1.54, 1.807) is 12.5 Å². The fraction of sp³-hybridized carbons (Fsp3) is 0.556. The molecule has 0 bridgehead atoms. The number of likely N-dealkylation sites (N-methyl/N-ethyl adjacent to an activating group) is 1. The monoisotopic (exact) mass is 184 g/mol. The average molecular weight is 184 g/mol. The number of hydrogen-bond donors (Lipinski definition) is 2. The van der Waals surface area contributed by atoms with Crippen LogP contribution in [0.15, 0.2) is 23.0 Å². The predicted molar refractivity (Wildman–Crippen MR) is 50.1 cm³/mol. The summed E-state index contributed by atoms with van der Waals surface area (Å²) in [6.45, 7) is 1.66. The smallest absolute Gasteiger partial charge is 0.0947 e. The molecule has 0 saturated carbocycles. The first-order valence-electron chi connectivity index (χ1n) is 4.30. The molecule has 4 heteroatoms. The summed E-state index contributed by atoms with van der Waals surface area (Å²) in [6, 6.07) is 1.91. The topological polar surface area (TPSA) is 62.6 Å². The van der Waals surface area contributed by atoms with Crippen LogP contribution in [0, 0.1) is 0 Å². The Morgan fingerprint density at radius 1 is 1.69 bits per heavy atom. The molecule has 1 rings (SSSR count). The van der Waals surface area contributed by atoms with Crippen molar-refractivity contribution in [2.24, 2.45) is 5.73 Å². The molecule has 0 saturated heterocycles. The molecule has 0 amide bonds. The molecule has 0 spiro atoms. The zero-order valence-electron chi connectivity index (χ0n) is 7.81. The quantitative estimate of drug-likeness (QED) is 0.677. The molecule has 1 aromatic heterocycles. The Balaban J connectivity index is 2.29. The van der Waals surface area contributed by atoms with Crippen LogP contribution in [-0.4, -0.2) is 36.2 Å². The zero-order chi connectivity index (χ0) is 9.68. The van der Waals surface area contributed by atoms with Gasteiger partial charge in [0.2, 0.25) is 0 Å². The summed E-state index contributed by atoms with van der Waals surface area (Å²) in [5, 5.41) is 9.27. The summed E-state index contributed by atoms with van der Waals surface area (Å²) < 4.78 is 4.93. The van der Waals surface area contributed by atoms with Gasteiger partial charge in [-0.2, -0.15) is 0 Å². The maximum atomic E-state index is 9.27. The fourth-order valence-electron chi connectivity index (χ4n) is 1.19. The van der Waals surface area contributed by atoms with Gasteiger partial charge in [0.05, 0.1) is 18.6 Å². The van der Waals surface area contributed by atoms with Crippen molar-refractivity contribution < 1.29 is 9.52 Å². The van der Waals surface area contributed by atoms with Crippen LogP contribution in [0.3, 0.4) is 0 Å². The van der Waals surface area contributed by atoms with Crippen molar-refractivity contribution in [3.8, 4) is 0 Å². The normalized spacial score (nSPS) is 13.5. The molecular weight excluding hydrogens is 168 g/mol. The van der Waals surface area contributed by atoms with Gasteiger partial charge in [-0.05, 0) is 13.1 Å². The molecule has 4 nitrogen and oxygen atoms in total. The molecule has 0 aromatic carbocycles. The standard InChI is InChI=1S/C9H16N2O2/c1-11(6-9(12)4-10)5-8-2-3-13-7-8/h2-3,7,9,12H,4-6,10H2,1H3.